The standard InChI is InChI=1S/C5H11N.CH2O/c1-5-3-2-4-6-5;1-2/h5-6H,2-4H2,1H3;1H2. The van der Waals surface area contributed by atoms with E-state index in [1.54, 1.807) is 0 Å². The monoisotopic (exact) mass is 115 g/mol. The van der Waals surface area contributed by atoms with E-state index in [1.807, 2.05) is 6.79 Å². The molecule has 0 radical (unpaired) electrons. The van der Waals surface area contributed by atoms with Gasteiger partial charge in [0.15, 0.2) is 0 Å². The van der Waals surface area contributed by atoms with Gasteiger partial charge in [0.1, 0.15) is 6.79 Å². The van der Waals surface area contributed by atoms with Gasteiger partial charge in [-0.05, 0) is 26.3 Å². The molecule has 1 atom stereocenters. The third-order valence-corrected chi connectivity index (χ3v) is 1.31. The molecular formula is C6H13NO. The van der Waals surface area contributed by atoms with Crippen LogP contribution in [0, 0.1) is 0 Å². The molecule has 0 aromatic heterocycles. The summed E-state index contributed by atoms with van der Waals surface area (Å²) in [7, 11) is 0. The van der Waals surface area contributed by atoms with E-state index >= 15 is 0 Å². The SMILES string of the molecule is C=O.CC1CCCN1. The van der Waals surface area contributed by atoms with Crippen molar-refractivity contribution in [3.8, 4) is 0 Å². The smallest absolute Gasteiger partial charge is 0.106 e. The number of carbonyl (C=O) groups excluding carboxylic acids is 1. The molecular weight excluding hydrogens is 102 g/mol. The van der Waals surface area contributed by atoms with E-state index in [-0.39, 0.29) is 0 Å². The Morgan fingerprint density at radius 2 is 2.25 bits per heavy atom. The minimum Gasteiger partial charge on any atom is -0.314 e. The molecule has 1 rings (SSSR count). The van der Waals surface area contributed by atoms with Crippen LogP contribution in [0.15, 0.2) is 0 Å². The van der Waals surface area contributed by atoms with E-state index < -0.39 is 0 Å². The van der Waals surface area contributed by atoms with Crippen LogP contribution in [0.4, 0.5) is 0 Å². The van der Waals surface area contributed by atoms with Crippen LogP contribution >= 0.6 is 0 Å². The van der Waals surface area contributed by atoms with Crippen molar-refractivity contribution in [3.05, 3.63) is 0 Å². The van der Waals surface area contributed by atoms with Gasteiger partial charge >= 0.3 is 0 Å². The Morgan fingerprint density at radius 1 is 1.62 bits per heavy atom. The van der Waals surface area contributed by atoms with Crippen molar-refractivity contribution in [3.63, 3.8) is 0 Å². The van der Waals surface area contributed by atoms with Gasteiger partial charge in [0.25, 0.3) is 0 Å². The van der Waals surface area contributed by atoms with Gasteiger partial charge in [0.2, 0.25) is 0 Å². The van der Waals surface area contributed by atoms with Gasteiger partial charge in [0.05, 0.1) is 0 Å². The summed E-state index contributed by atoms with van der Waals surface area (Å²) in [5.41, 5.74) is 0. The van der Waals surface area contributed by atoms with Gasteiger partial charge in [-0.25, -0.2) is 0 Å². The van der Waals surface area contributed by atoms with Crippen molar-refractivity contribution in [1.29, 1.82) is 0 Å². The zero-order valence-corrected chi connectivity index (χ0v) is 5.31. The fourth-order valence-corrected chi connectivity index (χ4v) is 0.859. The average molecular weight is 115 g/mol. The molecule has 1 N–H and O–H groups in total. The highest BCUT2D eigenvalue weighted by molar-refractivity contribution is 5.10. The molecule has 0 spiro atoms. The number of hydrogen-bond donors (Lipinski definition) is 1. The van der Waals surface area contributed by atoms with Crippen LogP contribution in [0.2, 0.25) is 0 Å². The Morgan fingerprint density at radius 3 is 2.38 bits per heavy atom. The molecule has 2 nitrogen and oxygen atoms in total. The predicted octanol–water partition coefficient (Wildman–Crippen LogP) is 0.573. The van der Waals surface area contributed by atoms with Gasteiger partial charge in [-0.2, -0.15) is 0 Å². The maximum Gasteiger partial charge on any atom is 0.106 e. The van der Waals surface area contributed by atoms with Crippen LogP contribution in [-0.4, -0.2) is 19.4 Å². The summed E-state index contributed by atoms with van der Waals surface area (Å²) in [5.74, 6) is 0. The van der Waals surface area contributed by atoms with Crippen LogP contribution in [0.25, 0.3) is 0 Å². The lowest BCUT2D eigenvalue weighted by Crippen LogP contribution is -2.16. The van der Waals surface area contributed by atoms with E-state index in [4.69, 9.17) is 4.79 Å². The summed E-state index contributed by atoms with van der Waals surface area (Å²) >= 11 is 0. The van der Waals surface area contributed by atoms with Crippen LogP contribution in [0.3, 0.4) is 0 Å². The Bertz CT molecular complexity index is 50.5. The van der Waals surface area contributed by atoms with Crippen molar-refractivity contribution < 1.29 is 4.79 Å². The van der Waals surface area contributed by atoms with Crippen molar-refractivity contribution in [2.75, 3.05) is 6.54 Å². The quantitative estimate of drug-likeness (QED) is 0.500. The summed E-state index contributed by atoms with van der Waals surface area (Å²) in [5, 5.41) is 3.32. The summed E-state index contributed by atoms with van der Waals surface area (Å²) in [6.07, 6.45) is 2.75. The molecule has 0 aromatic rings. The van der Waals surface area contributed by atoms with Crippen molar-refractivity contribution in [2.45, 2.75) is 25.8 Å². The first-order valence-electron chi connectivity index (χ1n) is 2.92. The molecule has 1 aliphatic rings. The van der Waals surface area contributed by atoms with Gasteiger partial charge < -0.3 is 10.1 Å². The topological polar surface area (TPSA) is 29.1 Å². The number of carbonyl (C=O) groups is 1. The lowest BCUT2D eigenvalue weighted by Gasteiger charge is -1.95. The van der Waals surface area contributed by atoms with Gasteiger partial charge in [-0.3, -0.25) is 0 Å². The normalized spacial score (nSPS) is 26.4. The Kier molecular flexibility index (Phi) is 4.56. The third kappa shape index (κ3) is 2.75. The highest BCUT2D eigenvalue weighted by atomic mass is 16.1. The van der Waals surface area contributed by atoms with Crippen LogP contribution < -0.4 is 5.32 Å². The van der Waals surface area contributed by atoms with Crippen molar-refractivity contribution in [1.82, 2.24) is 5.32 Å². The first-order chi connectivity index (χ1) is 3.89. The molecule has 0 saturated carbocycles. The maximum atomic E-state index is 8.00. The number of hydrogen-bond acceptors (Lipinski definition) is 2. The van der Waals surface area contributed by atoms with Crippen molar-refractivity contribution in [2.24, 2.45) is 0 Å². The lowest BCUT2D eigenvalue weighted by molar-refractivity contribution is -0.0979. The summed E-state index contributed by atoms with van der Waals surface area (Å²) in [6.45, 7) is 5.47. The first kappa shape index (κ1) is 7.63. The number of rotatable bonds is 0. The minimum absolute atomic E-state index is 0.796. The molecule has 0 aromatic carbocycles. The Hall–Kier alpha value is -0.370. The molecule has 0 aliphatic carbocycles. The summed E-state index contributed by atoms with van der Waals surface area (Å²) < 4.78 is 0. The molecule has 1 unspecified atom stereocenters. The molecule has 0 amide bonds. The fraction of sp³-hybridized carbons (Fsp3) is 0.833. The summed E-state index contributed by atoms with van der Waals surface area (Å²) in [6, 6.07) is 0.796. The summed E-state index contributed by atoms with van der Waals surface area (Å²) in [4.78, 5) is 8.00. The van der Waals surface area contributed by atoms with E-state index in [1.165, 1.54) is 19.4 Å². The Balaban J connectivity index is 0.000000222. The molecule has 1 fully saturated rings. The predicted molar refractivity (Wildman–Crippen MR) is 33.8 cm³/mol. The number of nitrogens with one attached hydrogen (secondary N) is 1. The largest absolute Gasteiger partial charge is 0.314 e. The third-order valence-electron chi connectivity index (χ3n) is 1.31. The van der Waals surface area contributed by atoms with E-state index in [2.05, 4.69) is 12.2 Å². The maximum absolute atomic E-state index is 8.00. The van der Waals surface area contributed by atoms with Crippen molar-refractivity contribution >= 4 is 6.79 Å². The van der Waals surface area contributed by atoms with Gasteiger partial charge in [0, 0.05) is 6.04 Å². The second-order valence-electron chi connectivity index (χ2n) is 2.00. The average Bonchev–Trinajstić information content (AvgIpc) is 2.24. The second kappa shape index (κ2) is 4.78. The van der Waals surface area contributed by atoms with E-state index in [0.29, 0.717) is 0 Å². The minimum atomic E-state index is 0.796. The molecule has 0 bridgehead atoms. The molecule has 1 saturated heterocycles. The van der Waals surface area contributed by atoms with E-state index in [9.17, 15) is 0 Å². The molecule has 2 heteroatoms. The fourth-order valence-electron chi connectivity index (χ4n) is 0.859. The second-order valence-corrected chi connectivity index (χ2v) is 2.00. The molecule has 1 heterocycles. The van der Waals surface area contributed by atoms with Gasteiger partial charge in [-0.15, -0.1) is 0 Å². The molecule has 48 valence electrons. The van der Waals surface area contributed by atoms with Crippen LogP contribution in [0.5, 0.6) is 0 Å². The zero-order valence-electron chi connectivity index (χ0n) is 5.31. The van der Waals surface area contributed by atoms with E-state index in [0.717, 1.165) is 6.04 Å². The molecule has 8 heavy (non-hydrogen) atoms. The highest BCUT2D eigenvalue weighted by Crippen LogP contribution is 2.01. The highest BCUT2D eigenvalue weighted by Gasteiger charge is 2.05. The van der Waals surface area contributed by atoms with Crippen LogP contribution in [0.1, 0.15) is 19.8 Å². The zero-order chi connectivity index (χ0) is 6.41. The van der Waals surface area contributed by atoms with Crippen LogP contribution in [-0.2, 0) is 4.79 Å². The van der Waals surface area contributed by atoms with Gasteiger partial charge in [-0.1, -0.05) is 0 Å². The lowest BCUT2D eigenvalue weighted by atomic mass is 10.3. The molecule has 1 aliphatic heterocycles. The first-order valence-corrected chi connectivity index (χ1v) is 2.92. The Labute approximate surface area is 50.3 Å².